The molecule has 0 saturated carbocycles. The molecule has 0 aliphatic rings. The SMILES string of the molecule is CCN(CC(F)(F)F)C(=O)CSc1nnnn1-c1c(C)n(C)n(-c2ccccc2)c1=O. The van der Waals surface area contributed by atoms with Crippen LogP contribution in [0.4, 0.5) is 13.2 Å². The lowest BCUT2D eigenvalue weighted by Gasteiger charge is -2.21. The summed E-state index contributed by atoms with van der Waals surface area (Å²) in [4.78, 5) is 26.1. The summed E-state index contributed by atoms with van der Waals surface area (Å²) < 4.78 is 42.2. The number of nitrogens with zero attached hydrogens (tertiary/aromatic N) is 7. The summed E-state index contributed by atoms with van der Waals surface area (Å²) in [6.45, 7) is 1.79. The van der Waals surface area contributed by atoms with Gasteiger partial charge in [0.2, 0.25) is 11.1 Å². The van der Waals surface area contributed by atoms with Crippen LogP contribution in [0.1, 0.15) is 12.6 Å². The number of thioether (sulfide) groups is 1. The van der Waals surface area contributed by atoms with E-state index in [9.17, 15) is 22.8 Å². The van der Waals surface area contributed by atoms with Crippen LogP contribution in [0.25, 0.3) is 11.4 Å². The third kappa shape index (κ3) is 4.81. The van der Waals surface area contributed by atoms with E-state index in [2.05, 4.69) is 15.5 Å². The second-order valence-electron chi connectivity index (χ2n) is 6.60. The fourth-order valence-corrected chi connectivity index (χ4v) is 3.80. The molecule has 2 aromatic heterocycles. The summed E-state index contributed by atoms with van der Waals surface area (Å²) in [6.07, 6.45) is -4.48. The van der Waals surface area contributed by atoms with E-state index < -0.39 is 18.6 Å². The second kappa shape index (κ2) is 8.96. The molecule has 0 radical (unpaired) electrons. The van der Waals surface area contributed by atoms with Crippen molar-refractivity contribution in [3.05, 3.63) is 46.4 Å². The number of tetrazole rings is 1. The van der Waals surface area contributed by atoms with Crippen molar-refractivity contribution in [3.8, 4) is 11.4 Å². The molecule has 13 heteroatoms. The van der Waals surface area contributed by atoms with Crippen molar-refractivity contribution >= 4 is 17.7 Å². The Hall–Kier alpha value is -3.09. The van der Waals surface area contributed by atoms with Gasteiger partial charge in [-0.1, -0.05) is 30.0 Å². The number of rotatable bonds is 7. The molecule has 0 saturated heterocycles. The molecule has 3 aromatic rings. The third-order valence-electron chi connectivity index (χ3n) is 4.61. The lowest BCUT2D eigenvalue weighted by molar-refractivity contribution is -0.159. The minimum Gasteiger partial charge on any atom is -0.333 e. The van der Waals surface area contributed by atoms with Gasteiger partial charge >= 0.3 is 6.18 Å². The third-order valence-corrected chi connectivity index (χ3v) is 5.51. The van der Waals surface area contributed by atoms with Crippen molar-refractivity contribution in [2.45, 2.75) is 25.2 Å². The van der Waals surface area contributed by atoms with Gasteiger partial charge in [-0.25, -0.2) is 4.68 Å². The molecule has 166 valence electrons. The lowest BCUT2D eigenvalue weighted by Crippen LogP contribution is -2.39. The molecule has 0 atom stereocenters. The van der Waals surface area contributed by atoms with Crippen molar-refractivity contribution < 1.29 is 18.0 Å². The van der Waals surface area contributed by atoms with Crippen LogP contribution in [0.2, 0.25) is 0 Å². The Morgan fingerprint density at radius 2 is 1.90 bits per heavy atom. The van der Waals surface area contributed by atoms with Gasteiger partial charge in [-0.2, -0.15) is 17.9 Å². The Kier molecular flexibility index (Phi) is 6.53. The summed E-state index contributed by atoms with van der Waals surface area (Å²) in [6, 6.07) is 8.98. The van der Waals surface area contributed by atoms with Crippen LogP contribution < -0.4 is 5.56 Å². The maximum absolute atomic E-state index is 13.1. The smallest absolute Gasteiger partial charge is 0.333 e. The van der Waals surface area contributed by atoms with Gasteiger partial charge in [0.05, 0.1) is 17.1 Å². The molecule has 0 spiro atoms. The molecule has 0 bridgehead atoms. The van der Waals surface area contributed by atoms with Crippen LogP contribution in [0.5, 0.6) is 0 Å². The van der Waals surface area contributed by atoms with Gasteiger partial charge in [0.25, 0.3) is 5.56 Å². The highest BCUT2D eigenvalue weighted by Crippen LogP contribution is 2.22. The van der Waals surface area contributed by atoms with Crippen molar-refractivity contribution in [3.63, 3.8) is 0 Å². The first kappa shape index (κ1) is 22.6. The molecule has 3 rings (SSSR count). The van der Waals surface area contributed by atoms with Crippen molar-refractivity contribution in [2.75, 3.05) is 18.8 Å². The monoisotopic (exact) mass is 455 g/mol. The summed E-state index contributed by atoms with van der Waals surface area (Å²) in [5.41, 5.74) is 1.03. The zero-order valence-electron chi connectivity index (χ0n) is 17.0. The number of amides is 1. The van der Waals surface area contributed by atoms with E-state index in [1.807, 2.05) is 6.07 Å². The van der Waals surface area contributed by atoms with Crippen molar-refractivity contribution in [1.29, 1.82) is 0 Å². The standard InChI is InChI=1S/C18H20F3N7O2S/c1-4-26(11-18(19,20)21)14(29)10-31-17-22-23-24-27(17)15-12(2)25(3)28(16(15)30)13-8-6-5-7-9-13/h5-9H,4,10-11H2,1-3H3. The molecule has 0 aliphatic carbocycles. The fraction of sp³-hybridized carbons (Fsp3) is 0.389. The quantitative estimate of drug-likeness (QED) is 0.506. The maximum Gasteiger partial charge on any atom is 0.406 e. The van der Waals surface area contributed by atoms with Crippen LogP contribution in [0, 0.1) is 6.92 Å². The predicted molar refractivity (Wildman–Crippen MR) is 107 cm³/mol. The van der Waals surface area contributed by atoms with Gasteiger partial charge in [-0.3, -0.25) is 14.3 Å². The zero-order valence-corrected chi connectivity index (χ0v) is 17.8. The largest absolute Gasteiger partial charge is 0.406 e. The number of carbonyl (C=O) groups excluding carboxylic acids is 1. The zero-order chi connectivity index (χ0) is 22.8. The van der Waals surface area contributed by atoms with Gasteiger partial charge < -0.3 is 4.90 Å². The normalized spacial score (nSPS) is 11.7. The van der Waals surface area contributed by atoms with E-state index in [4.69, 9.17) is 0 Å². The highest BCUT2D eigenvalue weighted by molar-refractivity contribution is 7.99. The molecule has 0 fully saturated rings. The van der Waals surface area contributed by atoms with Gasteiger partial charge in [0.1, 0.15) is 6.54 Å². The highest BCUT2D eigenvalue weighted by Gasteiger charge is 2.32. The van der Waals surface area contributed by atoms with E-state index in [0.29, 0.717) is 16.3 Å². The number of aromatic nitrogens is 6. The van der Waals surface area contributed by atoms with E-state index >= 15 is 0 Å². The van der Waals surface area contributed by atoms with Crippen molar-refractivity contribution in [1.82, 2.24) is 34.5 Å². The Bertz CT molecular complexity index is 1120. The maximum atomic E-state index is 13.1. The summed E-state index contributed by atoms with van der Waals surface area (Å²) in [7, 11) is 1.71. The molecule has 31 heavy (non-hydrogen) atoms. The van der Waals surface area contributed by atoms with Crippen LogP contribution in [0.15, 0.2) is 40.3 Å². The molecule has 0 N–H and O–H groups in total. The minimum absolute atomic E-state index is 0.0799. The molecular formula is C18H20F3N7O2S. The van der Waals surface area contributed by atoms with Crippen LogP contribution in [-0.4, -0.2) is 65.4 Å². The summed E-state index contributed by atoms with van der Waals surface area (Å²) in [5.74, 6) is -1.01. The molecule has 0 unspecified atom stereocenters. The van der Waals surface area contributed by atoms with E-state index in [1.54, 1.807) is 42.9 Å². The number of halogens is 3. The van der Waals surface area contributed by atoms with Gasteiger partial charge in [0.15, 0.2) is 5.69 Å². The lowest BCUT2D eigenvalue weighted by atomic mass is 10.3. The summed E-state index contributed by atoms with van der Waals surface area (Å²) >= 11 is 0.866. The van der Waals surface area contributed by atoms with Crippen LogP contribution in [-0.2, 0) is 11.8 Å². The Morgan fingerprint density at radius 3 is 2.52 bits per heavy atom. The molecule has 0 aliphatic heterocycles. The van der Waals surface area contributed by atoms with E-state index in [1.165, 1.54) is 16.3 Å². The average Bonchev–Trinajstić information content (AvgIpc) is 3.26. The molecule has 9 nitrogen and oxygen atoms in total. The van der Waals surface area contributed by atoms with E-state index in [0.717, 1.165) is 11.8 Å². The van der Waals surface area contributed by atoms with Gasteiger partial charge in [-0.05, 0) is 36.4 Å². The number of para-hydroxylation sites is 1. The molecule has 2 heterocycles. The van der Waals surface area contributed by atoms with E-state index in [-0.39, 0.29) is 28.7 Å². The number of hydrogen-bond acceptors (Lipinski definition) is 6. The first-order valence-electron chi connectivity index (χ1n) is 9.24. The first-order valence-corrected chi connectivity index (χ1v) is 10.2. The highest BCUT2D eigenvalue weighted by atomic mass is 32.2. The van der Waals surface area contributed by atoms with Gasteiger partial charge in [-0.15, -0.1) is 5.10 Å². The van der Waals surface area contributed by atoms with Crippen molar-refractivity contribution in [2.24, 2.45) is 7.05 Å². The topological polar surface area (TPSA) is 90.8 Å². The molecule has 1 amide bonds. The number of carbonyl (C=O) groups is 1. The van der Waals surface area contributed by atoms with Crippen LogP contribution >= 0.6 is 11.8 Å². The number of benzene rings is 1. The Balaban J connectivity index is 1.88. The predicted octanol–water partition coefficient (Wildman–Crippen LogP) is 1.96. The Morgan fingerprint density at radius 1 is 1.23 bits per heavy atom. The average molecular weight is 455 g/mol. The minimum atomic E-state index is -4.48. The van der Waals surface area contributed by atoms with Crippen LogP contribution in [0.3, 0.4) is 0 Å². The summed E-state index contributed by atoms with van der Waals surface area (Å²) in [5, 5.41) is 11.4. The molecule has 1 aromatic carbocycles. The molecular weight excluding hydrogens is 435 g/mol. The number of hydrogen-bond donors (Lipinski definition) is 0. The number of alkyl halides is 3. The fourth-order valence-electron chi connectivity index (χ4n) is 3.02. The van der Waals surface area contributed by atoms with Gasteiger partial charge in [0, 0.05) is 13.6 Å². The Labute approximate surface area is 179 Å². The first-order chi connectivity index (χ1) is 14.6. The second-order valence-corrected chi connectivity index (χ2v) is 7.54.